The van der Waals surface area contributed by atoms with Gasteiger partial charge in [0.15, 0.2) is 5.82 Å². The number of halogens is 2. The minimum Gasteiger partial charge on any atom is -0.351 e. The molecule has 4 aromatic rings. The van der Waals surface area contributed by atoms with Gasteiger partial charge in [0.1, 0.15) is 5.69 Å². The SMILES string of the molecule is CN(CCc1noc(-c2cc3cc(Cl)ccc3[nH]2)n1)C(=O)c1ccccc1Cl. The molecule has 0 saturated heterocycles. The van der Waals surface area contributed by atoms with Crippen molar-refractivity contribution in [2.45, 2.75) is 6.42 Å². The molecule has 4 rings (SSSR count). The van der Waals surface area contributed by atoms with Crippen molar-refractivity contribution in [2.24, 2.45) is 0 Å². The van der Waals surface area contributed by atoms with Crippen LogP contribution in [0, 0.1) is 0 Å². The van der Waals surface area contributed by atoms with E-state index in [1.165, 1.54) is 0 Å². The van der Waals surface area contributed by atoms with E-state index in [-0.39, 0.29) is 5.91 Å². The number of rotatable bonds is 5. The predicted octanol–water partition coefficient (Wildman–Crippen LogP) is 4.84. The summed E-state index contributed by atoms with van der Waals surface area (Å²) in [5.41, 5.74) is 2.12. The Morgan fingerprint density at radius 2 is 2.00 bits per heavy atom. The van der Waals surface area contributed by atoms with Gasteiger partial charge in [0, 0.05) is 35.9 Å². The highest BCUT2D eigenvalue weighted by Gasteiger charge is 2.16. The molecule has 0 unspecified atom stereocenters. The summed E-state index contributed by atoms with van der Waals surface area (Å²) in [5, 5.41) is 6.06. The molecule has 1 amide bonds. The van der Waals surface area contributed by atoms with Gasteiger partial charge in [-0.25, -0.2) is 0 Å². The quantitative estimate of drug-likeness (QED) is 0.506. The van der Waals surface area contributed by atoms with Gasteiger partial charge >= 0.3 is 0 Å². The van der Waals surface area contributed by atoms with E-state index in [0.29, 0.717) is 40.3 Å². The van der Waals surface area contributed by atoms with Gasteiger partial charge in [-0.3, -0.25) is 4.79 Å². The third-order valence-corrected chi connectivity index (χ3v) is 4.97. The summed E-state index contributed by atoms with van der Waals surface area (Å²) >= 11 is 12.1. The fourth-order valence-electron chi connectivity index (χ4n) is 2.89. The largest absolute Gasteiger partial charge is 0.351 e. The number of hydrogen-bond donors (Lipinski definition) is 1. The predicted molar refractivity (Wildman–Crippen MR) is 109 cm³/mol. The molecular weight excluding hydrogens is 399 g/mol. The van der Waals surface area contributed by atoms with E-state index in [9.17, 15) is 4.79 Å². The van der Waals surface area contributed by atoms with Gasteiger partial charge in [0.05, 0.1) is 10.6 Å². The maximum absolute atomic E-state index is 12.5. The lowest BCUT2D eigenvalue weighted by Crippen LogP contribution is -2.29. The highest BCUT2D eigenvalue weighted by atomic mass is 35.5. The number of carbonyl (C=O) groups is 1. The number of nitrogens with one attached hydrogen (secondary N) is 1. The Labute approximate surface area is 171 Å². The summed E-state index contributed by atoms with van der Waals surface area (Å²) in [4.78, 5) is 21.7. The van der Waals surface area contributed by atoms with E-state index in [2.05, 4.69) is 15.1 Å². The first-order valence-electron chi connectivity index (χ1n) is 8.62. The van der Waals surface area contributed by atoms with Crippen molar-refractivity contribution >= 4 is 40.0 Å². The number of nitrogens with zero attached hydrogens (tertiary/aromatic N) is 3. The normalized spacial score (nSPS) is 11.1. The first-order valence-corrected chi connectivity index (χ1v) is 9.38. The van der Waals surface area contributed by atoms with Gasteiger partial charge in [-0.2, -0.15) is 4.98 Å². The Bertz CT molecular complexity index is 1150. The molecule has 0 fully saturated rings. The summed E-state index contributed by atoms with van der Waals surface area (Å²) in [5.74, 6) is 0.759. The smallest absolute Gasteiger partial charge is 0.274 e. The molecule has 8 heteroatoms. The van der Waals surface area contributed by atoms with E-state index in [0.717, 1.165) is 16.6 Å². The Morgan fingerprint density at radius 1 is 1.18 bits per heavy atom. The fourth-order valence-corrected chi connectivity index (χ4v) is 3.29. The summed E-state index contributed by atoms with van der Waals surface area (Å²) in [6.45, 7) is 0.436. The number of likely N-dealkylation sites (N-methyl/N-ethyl adjacent to an activating group) is 1. The van der Waals surface area contributed by atoms with Gasteiger partial charge in [0.25, 0.3) is 11.8 Å². The van der Waals surface area contributed by atoms with Crippen molar-refractivity contribution in [3.05, 3.63) is 70.0 Å². The van der Waals surface area contributed by atoms with Crippen LogP contribution in [0.1, 0.15) is 16.2 Å². The molecule has 2 aromatic heterocycles. The van der Waals surface area contributed by atoms with Gasteiger partial charge in [0.2, 0.25) is 0 Å². The molecule has 0 bridgehead atoms. The van der Waals surface area contributed by atoms with Gasteiger partial charge in [-0.05, 0) is 36.4 Å². The summed E-state index contributed by atoms with van der Waals surface area (Å²) in [6, 6.07) is 14.5. The first kappa shape index (κ1) is 18.5. The molecule has 0 aliphatic carbocycles. The van der Waals surface area contributed by atoms with Gasteiger partial charge < -0.3 is 14.4 Å². The highest BCUT2D eigenvalue weighted by molar-refractivity contribution is 6.33. The average Bonchev–Trinajstić information content (AvgIpc) is 3.32. The molecule has 1 N–H and O–H groups in total. The molecule has 2 heterocycles. The number of H-pyrrole nitrogens is 1. The van der Waals surface area contributed by atoms with Crippen molar-refractivity contribution in [1.82, 2.24) is 20.0 Å². The molecule has 142 valence electrons. The lowest BCUT2D eigenvalue weighted by Gasteiger charge is -2.16. The fraction of sp³-hybridized carbons (Fsp3) is 0.150. The van der Waals surface area contributed by atoms with Crippen LogP contribution in [-0.4, -0.2) is 39.5 Å². The Balaban J connectivity index is 1.44. The minimum absolute atomic E-state index is 0.151. The molecule has 0 saturated carbocycles. The average molecular weight is 415 g/mol. The Morgan fingerprint density at radius 3 is 2.82 bits per heavy atom. The van der Waals surface area contributed by atoms with Crippen LogP contribution in [0.3, 0.4) is 0 Å². The second kappa shape index (κ2) is 7.66. The van der Waals surface area contributed by atoms with Crippen molar-refractivity contribution in [3.8, 4) is 11.6 Å². The van der Waals surface area contributed by atoms with Crippen LogP contribution in [-0.2, 0) is 6.42 Å². The molecule has 0 radical (unpaired) electrons. The van der Waals surface area contributed by atoms with Crippen molar-refractivity contribution in [1.29, 1.82) is 0 Å². The maximum Gasteiger partial charge on any atom is 0.274 e. The second-order valence-corrected chi connectivity index (χ2v) is 7.23. The molecule has 0 atom stereocenters. The molecule has 0 spiro atoms. The number of fused-ring (bicyclic) bond motifs is 1. The zero-order valence-electron chi connectivity index (χ0n) is 14.9. The number of carbonyl (C=O) groups excluding carboxylic acids is 1. The monoisotopic (exact) mass is 414 g/mol. The third kappa shape index (κ3) is 3.74. The number of hydrogen-bond acceptors (Lipinski definition) is 4. The summed E-state index contributed by atoms with van der Waals surface area (Å²) in [7, 11) is 1.72. The topological polar surface area (TPSA) is 75.0 Å². The number of amides is 1. The van der Waals surface area contributed by atoms with Gasteiger partial charge in [-0.15, -0.1) is 0 Å². The van der Waals surface area contributed by atoms with E-state index < -0.39 is 0 Å². The van der Waals surface area contributed by atoms with E-state index in [1.54, 1.807) is 36.2 Å². The lowest BCUT2D eigenvalue weighted by atomic mass is 10.2. The molecule has 2 aromatic carbocycles. The summed E-state index contributed by atoms with van der Waals surface area (Å²) in [6.07, 6.45) is 0.461. The van der Waals surface area contributed by atoms with E-state index >= 15 is 0 Å². The third-order valence-electron chi connectivity index (χ3n) is 4.40. The highest BCUT2D eigenvalue weighted by Crippen LogP contribution is 2.25. The molecule has 28 heavy (non-hydrogen) atoms. The standard InChI is InChI=1S/C20H16Cl2N4O2/c1-26(20(27)14-4-2-3-5-15(14)22)9-8-18-24-19(28-25-18)17-11-12-10-13(21)6-7-16(12)23-17/h2-7,10-11,23H,8-9H2,1H3. The minimum atomic E-state index is -0.151. The van der Waals surface area contributed by atoms with Crippen molar-refractivity contribution < 1.29 is 9.32 Å². The number of aromatic nitrogens is 3. The van der Waals surface area contributed by atoms with Crippen LogP contribution in [0.4, 0.5) is 0 Å². The zero-order valence-corrected chi connectivity index (χ0v) is 16.5. The van der Waals surface area contributed by atoms with E-state index in [1.807, 2.05) is 24.3 Å². The lowest BCUT2D eigenvalue weighted by molar-refractivity contribution is 0.0796. The Hall–Kier alpha value is -2.83. The van der Waals surface area contributed by atoms with Crippen LogP contribution in [0.2, 0.25) is 10.0 Å². The maximum atomic E-state index is 12.5. The molecule has 6 nitrogen and oxygen atoms in total. The van der Waals surface area contributed by atoms with Crippen LogP contribution in [0.15, 0.2) is 53.1 Å². The number of benzene rings is 2. The van der Waals surface area contributed by atoms with E-state index in [4.69, 9.17) is 27.7 Å². The van der Waals surface area contributed by atoms with Gasteiger partial charge in [-0.1, -0.05) is 40.5 Å². The van der Waals surface area contributed by atoms with Crippen LogP contribution < -0.4 is 0 Å². The Kier molecular flexibility index (Phi) is 5.07. The van der Waals surface area contributed by atoms with Crippen LogP contribution >= 0.6 is 23.2 Å². The molecule has 0 aliphatic rings. The summed E-state index contributed by atoms with van der Waals surface area (Å²) < 4.78 is 5.36. The second-order valence-electron chi connectivity index (χ2n) is 6.39. The van der Waals surface area contributed by atoms with Crippen molar-refractivity contribution in [2.75, 3.05) is 13.6 Å². The molecule has 0 aliphatic heterocycles. The first-order chi connectivity index (χ1) is 13.5. The molecular formula is C20H16Cl2N4O2. The van der Waals surface area contributed by atoms with Crippen LogP contribution in [0.5, 0.6) is 0 Å². The zero-order chi connectivity index (χ0) is 19.7. The van der Waals surface area contributed by atoms with Crippen LogP contribution in [0.25, 0.3) is 22.5 Å². The number of aromatic amines is 1. The van der Waals surface area contributed by atoms with Crippen molar-refractivity contribution in [3.63, 3.8) is 0 Å².